The number of hydrogen-bond acceptors (Lipinski definition) is 5. The summed E-state index contributed by atoms with van der Waals surface area (Å²) in [5, 5.41) is 11.1. The monoisotopic (exact) mass is 349 g/mol. The van der Waals surface area contributed by atoms with Crippen LogP contribution in [0.5, 0.6) is 0 Å². The maximum Gasteiger partial charge on any atom is 0.243 e. The Kier molecular flexibility index (Phi) is 4.73. The largest absolute Gasteiger partial charge is 0.371 e. The Morgan fingerprint density at radius 2 is 1.92 bits per heavy atom. The molecule has 0 radical (unpaired) electrons. The van der Waals surface area contributed by atoms with Crippen molar-refractivity contribution in [2.24, 2.45) is 0 Å². The molecule has 1 aliphatic rings. The summed E-state index contributed by atoms with van der Waals surface area (Å²) in [6.07, 6.45) is 3.55. The van der Waals surface area contributed by atoms with E-state index in [0.717, 1.165) is 32.5 Å². The molecule has 0 spiro atoms. The van der Waals surface area contributed by atoms with Crippen molar-refractivity contribution in [3.8, 4) is 11.3 Å². The highest BCUT2D eigenvalue weighted by Gasteiger charge is 2.17. The lowest BCUT2D eigenvalue weighted by molar-refractivity contribution is 0.630. The van der Waals surface area contributed by atoms with Gasteiger partial charge in [-0.1, -0.05) is 30.3 Å². The van der Waals surface area contributed by atoms with Crippen molar-refractivity contribution in [2.45, 2.75) is 12.8 Å². The van der Waals surface area contributed by atoms with Crippen molar-refractivity contribution in [2.75, 3.05) is 29.9 Å². The number of para-hydroxylation sites is 1. The first kappa shape index (κ1) is 16.4. The van der Waals surface area contributed by atoms with Crippen LogP contribution >= 0.6 is 0 Å². The topological polar surface area (TPSA) is 53.9 Å². The third-order valence-corrected chi connectivity index (χ3v) is 4.58. The highest BCUT2D eigenvalue weighted by atomic mass is 19.1. The van der Waals surface area contributed by atoms with E-state index >= 15 is 0 Å². The number of nitrogens with zero attached hydrogens (tertiary/aromatic N) is 4. The first-order chi connectivity index (χ1) is 12.8. The molecule has 3 aromatic rings. The molecule has 0 saturated heterocycles. The van der Waals surface area contributed by atoms with E-state index in [2.05, 4.69) is 49.7 Å². The van der Waals surface area contributed by atoms with Crippen LogP contribution in [0, 0.1) is 5.82 Å². The molecule has 4 rings (SSSR count). The third kappa shape index (κ3) is 3.49. The number of rotatable bonds is 6. The maximum atomic E-state index is 13.9. The molecule has 5 nitrogen and oxygen atoms in total. The number of benzene rings is 2. The molecule has 1 aromatic heterocycles. The number of halogens is 1. The maximum absolute atomic E-state index is 13.9. The Balaban J connectivity index is 1.33. The number of aromatic nitrogens is 3. The van der Waals surface area contributed by atoms with Gasteiger partial charge in [0.15, 0.2) is 0 Å². The second kappa shape index (κ2) is 7.47. The predicted octanol–water partition coefficient (Wildman–Crippen LogP) is 3.54. The second-order valence-electron chi connectivity index (χ2n) is 6.29. The van der Waals surface area contributed by atoms with E-state index in [1.54, 1.807) is 18.2 Å². The van der Waals surface area contributed by atoms with Crippen LogP contribution in [-0.4, -0.2) is 34.8 Å². The summed E-state index contributed by atoms with van der Waals surface area (Å²) >= 11 is 0. The van der Waals surface area contributed by atoms with Gasteiger partial charge in [-0.05, 0) is 36.6 Å². The van der Waals surface area contributed by atoms with Gasteiger partial charge in [-0.3, -0.25) is 0 Å². The molecule has 1 aliphatic heterocycles. The Bertz CT molecular complexity index is 899. The highest BCUT2D eigenvalue weighted by Crippen LogP contribution is 2.27. The van der Waals surface area contributed by atoms with Crippen LogP contribution in [0.2, 0.25) is 0 Å². The van der Waals surface area contributed by atoms with Crippen LogP contribution in [-0.2, 0) is 6.42 Å². The fourth-order valence-electron chi connectivity index (χ4n) is 3.29. The first-order valence-electron chi connectivity index (χ1n) is 8.82. The highest BCUT2D eigenvalue weighted by molar-refractivity contribution is 5.60. The Morgan fingerprint density at radius 3 is 2.85 bits per heavy atom. The van der Waals surface area contributed by atoms with Gasteiger partial charge in [0.2, 0.25) is 5.95 Å². The molecule has 0 bridgehead atoms. The van der Waals surface area contributed by atoms with E-state index in [4.69, 9.17) is 0 Å². The summed E-state index contributed by atoms with van der Waals surface area (Å²) in [6, 6.07) is 15.1. The molecular formula is C20H20FN5. The zero-order chi connectivity index (χ0) is 17.8. The molecule has 0 atom stereocenters. The van der Waals surface area contributed by atoms with Gasteiger partial charge in [0.1, 0.15) is 5.82 Å². The van der Waals surface area contributed by atoms with Crippen LogP contribution < -0.4 is 10.2 Å². The van der Waals surface area contributed by atoms with Gasteiger partial charge < -0.3 is 10.2 Å². The summed E-state index contributed by atoms with van der Waals surface area (Å²) in [4.78, 5) is 6.78. The minimum atomic E-state index is -0.313. The fourth-order valence-corrected chi connectivity index (χ4v) is 3.29. The van der Waals surface area contributed by atoms with Crippen LogP contribution in [0.3, 0.4) is 0 Å². The average Bonchev–Trinajstić information content (AvgIpc) is 3.09. The number of fused-ring (bicyclic) bond motifs is 1. The predicted molar refractivity (Wildman–Crippen MR) is 101 cm³/mol. The molecule has 0 unspecified atom stereocenters. The Hall–Kier alpha value is -3.02. The quantitative estimate of drug-likeness (QED) is 0.690. The molecule has 2 aromatic carbocycles. The zero-order valence-electron chi connectivity index (χ0n) is 14.4. The lowest BCUT2D eigenvalue weighted by Gasteiger charge is -2.19. The lowest BCUT2D eigenvalue weighted by Crippen LogP contribution is -2.23. The second-order valence-corrected chi connectivity index (χ2v) is 6.29. The van der Waals surface area contributed by atoms with E-state index in [0.29, 0.717) is 17.2 Å². The van der Waals surface area contributed by atoms with Crippen molar-refractivity contribution in [1.29, 1.82) is 0 Å². The molecule has 0 saturated carbocycles. The van der Waals surface area contributed by atoms with Crippen LogP contribution in [0.4, 0.5) is 16.0 Å². The Morgan fingerprint density at radius 1 is 1.08 bits per heavy atom. The van der Waals surface area contributed by atoms with Gasteiger partial charge >= 0.3 is 0 Å². The van der Waals surface area contributed by atoms with Gasteiger partial charge in [0.05, 0.1) is 11.9 Å². The summed E-state index contributed by atoms with van der Waals surface area (Å²) in [5.41, 5.74) is 3.67. The van der Waals surface area contributed by atoms with Crippen molar-refractivity contribution < 1.29 is 4.39 Å². The SMILES string of the molecule is Fc1ccccc1-c1cnnc(NCCCN2CCc3ccccc32)n1. The Labute approximate surface area is 151 Å². The standard InChI is InChI=1S/C20H20FN5/c21-17-8-3-2-7-16(17)18-14-23-25-20(24-18)22-11-5-12-26-13-10-15-6-1-4-9-19(15)26/h1-4,6-9,14H,5,10-13H2,(H,22,24,25). The molecule has 26 heavy (non-hydrogen) atoms. The van der Waals surface area contributed by atoms with Crippen molar-refractivity contribution >= 4 is 11.6 Å². The fraction of sp³-hybridized carbons (Fsp3) is 0.250. The molecule has 2 heterocycles. The summed E-state index contributed by atoms with van der Waals surface area (Å²) in [7, 11) is 0. The molecule has 6 heteroatoms. The normalized spacial score (nSPS) is 12.9. The van der Waals surface area contributed by atoms with E-state index in [1.807, 2.05) is 0 Å². The van der Waals surface area contributed by atoms with Crippen molar-refractivity contribution in [1.82, 2.24) is 15.2 Å². The minimum Gasteiger partial charge on any atom is -0.371 e. The smallest absolute Gasteiger partial charge is 0.243 e. The summed E-state index contributed by atoms with van der Waals surface area (Å²) in [6.45, 7) is 2.78. The molecule has 132 valence electrons. The van der Waals surface area contributed by atoms with Gasteiger partial charge in [0, 0.05) is 30.9 Å². The van der Waals surface area contributed by atoms with E-state index in [9.17, 15) is 4.39 Å². The molecule has 0 amide bonds. The van der Waals surface area contributed by atoms with Crippen molar-refractivity contribution in [3.05, 3.63) is 66.1 Å². The molecule has 1 N–H and O–H groups in total. The summed E-state index contributed by atoms with van der Waals surface area (Å²) in [5.74, 6) is 0.110. The molecule has 0 aliphatic carbocycles. The minimum absolute atomic E-state index is 0.313. The van der Waals surface area contributed by atoms with Crippen LogP contribution in [0.15, 0.2) is 54.7 Å². The number of hydrogen-bond donors (Lipinski definition) is 1. The van der Waals surface area contributed by atoms with Crippen molar-refractivity contribution in [3.63, 3.8) is 0 Å². The molecule has 0 fully saturated rings. The van der Waals surface area contributed by atoms with Crippen LogP contribution in [0.1, 0.15) is 12.0 Å². The first-order valence-corrected chi connectivity index (χ1v) is 8.82. The third-order valence-electron chi connectivity index (χ3n) is 4.58. The summed E-state index contributed by atoms with van der Waals surface area (Å²) < 4.78 is 13.9. The van der Waals surface area contributed by atoms with E-state index < -0.39 is 0 Å². The zero-order valence-corrected chi connectivity index (χ0v) is 14.4. The van der Waals surface area contributed by atoms with E-state index in [-0.39, 0.29) is 5.82 Å². The van der Waals surface area contributed by atoms with E-state index in [1.165, 1.54) is 23.5 Å². The van der Waals surface area contributed by atoms with Gasteiger partial charge in [-0.2, -0.15) is 5.10 Å². The lowest BCUT2D eigenvalue weighted by atomic mass is 10.1. The van der Waals surface area contributed by atoms with Gasteiger partial charge in [-0.25, -0.2) is 9.37 Å². The molecular weight excluding hydrogens is 329 g/mol. The van der Waals surface area contributed by atoms with Crippen LogP contribution in [0.25, 0.3) is 11.3 Å². The number of nitrogens with one attached hydrogen (secondary N) is 1. The van der Waals surface area contributed by atoms with Gasteiger partial charge in [0.25, 0.3) is 0 Å². The van der Waals surface area contributed by atoms with Gasteiger partial charge in [-0.15, -0.1) is 5.10 Å². The number of anilines is 2. The average molecular weight is 349 g/mol.